The predicted octanol–water partition coefficient (Wildman–Crippen LogP) is 2.09. The number of rotatable bonds is 4. The van der Waals surface area contributed by atoms with Gasteiger partial charge in [0, 0.05) is 63.3 Å². The summed E-state index contributed by atoms with van der Waals surface area (Å²) in [6.07, 6.45) is 4.86. The Bertz CT molecular complexity index is 1070. The van der Waals surface area contributed by atoms with Gasteiger partial charge in [0.1, 0.15) is 4.90 Å². The first-order valence-corrected chi connectivity index (χ1v) is 12.4. The maximum absolute atomic E-state index is 13.2. The van der Waals surface area contributed by atoms with Gasteiger partial charge in [0.2, 0.25) is 15.9 Å². The molecule has 2 fully saturated rings. The summed E-state index contributed by atoms with van der Waals surface area (Å²) in [5, 5.41) is 8.98. The van der Waals surface area contributed by atoms with E-state index in [1.807, 2.05) is 29.2 Å². The van der Waals surface area contributed by atoms with Crippen molar-refractivity contribution < 1.29 is 13.2 Å². The van der Waals surface area contributed by atoms with Crippen LogP contribution in [0.2, 0.25) is 0 Å². The molecule has 1 aromatic carbocycles. The zero-order valence-electron chi connectivity index (χ0n) is 17.9. The molecule has 0 bridgehead atoms. The Morgan fingerprint density at radius 2 is 1.75 bits per heavy atom. The SMILES string of the molecule is N#Cc1ccc(N2CCCN(C(=O)C3CCN(S(=O)(=O)c4cccnc4)CC3)CC2)cc1. The standard InChI is InChI=1S/C23H27N5O3S/c24-17-19-4-6-21(7-5-19)26-11-2-12-27(16-15-26)23(29)20-8-13-28(14-9-20)32(30,31)22-3-1-10-25-18-22/h1,3-7,10,18,20H,2,8-9,11-16H2. The highest BCUT2D eigenvalue weighted by atomic mass is 32.2. The predicted molar refractivity (Wildman–Crippen MR) is 120 cm³/mol. The number of nitriles is 1. The number of nitrogens with zero attached hydrogens (tertiary/aromatic N) is 5. The van der Waals surface area contributed by atoms with Crippen molar-refractivity contribution in [3.8, 4) is 6.07 Å². The lowest BCUT2D eigenvalue weighted by atomic mass is 9.96. The third-order valence-electron chi connectivity index (χ3n) is 6.24. The molecule has 1 aromatic heterocycles. The number of hydrogen-bond donors (Lipinski definition) is 0. The Morgan fingerprint density at radius 3 is 2.41 bits per heavy atom. The number of hydrogen-bond acceptors (Lipinski definition) is 6. The van der Waals surface area contributed by atoms with Crippen LogP contribution in [0, 0.1) is 17.2 Å². The second-order valence-corrected chi connectivity index (χ2v) is 10.1. The quantitative estimate of drug-likeness (QED) is 0.703. The van der Waals surface area contributed by atoms with Gasteiger partial charge in [0.15, 0.2) is 0 Å². The molecule has 0 radical (unpaired) electrons. The summed E-state index contributed by atoms with van der Waals surface area (Å²) in [6.45, 7) is 3.65. The molecule has 4 rings (SSSR count). The molecule has 2 aliphatic heterocycles. The third kappa shape index (κ3) is 4.76. The molecule has 9 heteroatoms. The summed E-state index contributed by atoms with van der Waals surface area (Å²) < 4.78 is 27.0. The normalized spacial score (nSPS) is 18.7. The second-order valence-electron chi connectivity index (χ2n) is 8.19. The molecule has 2 aromatic rings. The van der Waals surface area contributed by atoms with Crippen molar-refractivity contribution in [2.75, 3.05) is 44.2 Å². The highest BCUT2D eigenvalue weighted by molar-refractivity contribution is 7.89. The number of pyridine rings is 1. The highest BCUT2D eigenvalue weighted by Crippen LogP contribution is 2.26. The van der Waals surface area contributed by atoms with Crippen LogP contribution in [0.5, 0.6) is 0 Å². The molecule has 0 atom stereocenters. The van der Waals surface area contributed by atoms with Gasteiger partial charge in [-0.05, 0) is 55.7 Å². The fourth-order valence-electron chi connectivity index (χ4n) is 4.39. The molecule has 0 saturated carbocycles. The molecule has 32 heavy (non-hydrogen) atoms. The van der Waals surface area contributed by atoms with Crippen molar-refractivity contribution in [2.24, 2.45) is 5.92 Å². The average molecular weight is 454 g/mol. The van der Waals surface area contributed by atoms with Crippen LogP contribution in [0.3, 0.4) is 0 Å². The second kappa shape index (κ2) is 9.67. The first kappa shape index (κ1) is 22.2. The van der Waals surface area contributed by atoms with E-state index in [9.17, 15) is 13.2 Å². The molecule has 2 aliphatic rings. The zero-order valence-corrected chi connectivity index (χ0v) is 18.7. The third-order valence-corrected chi connectivity index (χ3v) is 8.13. The highest BCUT2D eigenvalue weighted by Gasteiger charge is 2.34. The first-order valence-electron chi connectivity index (χ1n) is 10.9. The molecule has 0 unspecified atom stereocenters. The fraction of sp³-hybridized carbons (Fsp3) is 0.435. The maximum atomic E-state index is 13.2. The largest absolute Gasteiger partial charge is 0.370 e. The summed E-state index contributed by atoms with van der Waals surface area (Å²) in [4.78, 5) is 21.4. The van der Waals surface area contributed by atoms with Crippen LogP contribution in [-0.2, 0) is 14.8 Å². The molecule has 168 valence electrons. The molecular formula is C23H27N5O3S. The minimum atomic E-state index is -3.57. The van der Waals surface area contributed by atoms with Crippen LogP contribution in [0.1, 0.15) is 24.8 Å². The number of sulfonamides is 1. The number of amides is 1. The van der Waals surface area contributed by atoms with Crippen LogP contribution < -0.4 is 4.90 Å². The van der Waals surface area contributed by atoms with Crippen LogP contribution in [0.25, 0.3) is 0 Å². The lowest BCUT2D eigenvalue weighted by Crippen LogP contribution is -2.45. The van der Waals surface area contributed by atoms with Gasteiger partial charge in [-0.3, -0.25) is 9.78 Å². The van der Waals surface area contributed by atoms with E-state index in [4.69, 9.17) is 5.26 Å². The van der Waals surface area contributed by atoms with E-state index < -0.39 is 10.0 Å². The van der Waals surface area contributed by atoms with Crippen molar-refractivity contribution in [1.29, 1.82) is 5.26 Å². The van der Waals surface area contributed by atoms with Gasteiger partial charge in [0.05, 0.1) is 11.6 Å². The van der Waals surface area contributed by atoms with Crippen molar-refractivity contribution >= 4 is 21.6 Å². The van der Waals surface area contributed by atoms with Gasteiger partial charge in [0.25, 0.3) is 0 Å². The molecule has 0 N–H and O–H groups in total. The first-order chi connectivity index (χ1) is 15.5. The summed E-state index contributed by atoms with van der Waals surface area (Å²) in [5.74, 6) is -0.0121. The Morgan fingerprint density at radius 1 is 1.00 bits per heavy atom. The topological polar surface area (TPSA) is 97.6 Å². The molecule has 0 spiro atoms. The van der Waals surface area contributed by atoms with Gasteiger partial charge in [-0.25, -0.2) is 8.42 Å². The van der Waals surface area contributed by atoms with E-state index in [1.165, 1.54) is 10.5 Å². The van der Waals surface area contributed by atoms with Crippen LogP contribution in [0.15, 0.2) is 53.7 Å². The summed E-state index contributed by atoms with van der Waals surface area (Å²) in [5.41, 5.74) is 1.70. The maximum Gasteiger partial charge on any atom is 0.244 e. The van der Waals surface area contributed by atoms with E-state index in [-0.39, 0.29) is 16.7 Å². The molecular weight excluding hydrogens is 426 g/mol. The summed E-state index contributed by atoms with van der Waals surface area (Å²) >= 11 is 0. The lowest BCUT2D eigenvalue weighted by molar-refractivity contribution is -0.136. The Hall–Kier alpha value is -2.96. The van der Waals surface area contributed by atoms with Crippen molar-refractivity contribution in [3.63, 3.8) is 0 Å². The molecule has 2 saturated heterocycles. The minimum Gasteiger partial charge on any atom is -0.370 e. The van der Waals surface area contributed by atoms with Crippen molar-refractivity contribution in [1.82, 2.24) is 14.2 Å². The lowest BCUT2D eigenvalue weighted by Gasteiger charge is -2.33. The van der Waals surface area contributed by atoms with Gasteiger partial charge in [-0.1, -0.05) is 0 Å². The van der Waals surface area contributed by atoms with Crippen molar-refractivity contribution in [3.05, 3.63) is 54.4 Å². The Kier molecular flexibility index (Phi) is 6.72. The monoisotopic (exact) mass is 453 g/mol. The van der Waals surface area contributed by atoms with Crippen LogP contribution >= 0.6 is 0 Å². The number of benzene rings is 1. The molecule has 3 heterocycles. The number of carbonyl (C=O) groups is 1. The average Bonchev–Trinajstić information content (AvgIpc) is 3.11. The van der Waals surface area contributed by atoms with Gasteiger partial charge < -0.3 is 9.80 Å². The van der Waals surface area contributed by atoms with Gasteiger partial charge in [-0.2, -0.15) is 9.57 Å². The van der Waals surface area contributed by atoms with E-state index in [2.05, 4.69) is 16.0 Å². The van der Waals surface area contributed by atoms with E-state index in [1.54, 1.807) is 18.3 Å². The zero-order chi connectivity index (χ0) is 22.6. The number of piperidine rings is 1. The fourth-order valence-corrected chi connectivity index (χ4v) is 5.83. The van der Waals surface area contributed by atoms with Gasteiger partial charge >= 0.3 is 0 Å². The Labute approximate surface area is 189 Å². The molecule has 0 aliphatic carbocycles. The summed E-state index contributed by atoms with van der Waals surface area (Å²) in [7, 11) is -3.57. The molecule has 8 nitrogen and oxygen atoms in total. The van der Waals surface area contributed by atoms with E-state index >= 15 is 0 Å². The van der Waals surface area contributed by atoms with Crippen molar-refractivity contribution in [2.45, 2.75) is 24.2 Å². The Balaban J connectivity index is 1.33. The number of aromatic nitrogens is 1. The van der Waals surface area contributed by atoms with Gasteiger partial charge in [-0.15, -0.1) is 0 Å². The van der Waals surface area contributed by atoms with E-state index in [0.29, 0.717) is 44.6 Å². The minimum absolute atomic E-state index is 0.130. The number of anilines is 1. The summed E-state index contributed by atoms with van der Waals surface area (Å²) in [6, 6.07) is 12.8. The van der Waals surface area contributed by atoms with E-state index in [0.717, 1.165) is 25.2 Å². The number of carbonyl (C=O) groups excluding carboxylic acids is 1. The van der Waals surface area contributed by atoms with Crippen LogP contribution in [0.4, 0.5) is 5.69 Å². The molecule has 1 amide bonds. The van der Waals surface area contributed by atoms with Crippen LogP contribution in [-0.4, -0.2) is 67.8 Å². The smallest absolute Gasteiger partial charge is 0.244 e.